The van der Waals surface area contributed by atoms with Gasteiger partial charge in [-0.1, -0.05) is 6.92 Å². The summed E-state index contributed by atoms with van der Waals surface area (Å²) in [5.74, 6) is 0.639. The molecule has 3 heterocycles. The van der Waals surface area contributed by atoms with E-state index in [-0.39, 0.29) is 0 Å². The standard InChI is InChI=1S/C23H31N5O/c1-4-19-20-16-18(28-13-11-27(12-14-28)10-9-24-2)5-6-21(20)26-23(19)17-7-8-25-22(15-17)29-3/h5-8,15-16,24,26H,4,9-14H2,1-3H3. The molecule has 1 aliphatic heterocycles. The Morgan fingerprint density at radius 1 is 1.14 bits per heavy atom. The molecular weight excluding hydrogens is 362 g/mol. The van der Waals surface area contributed by atoms with Crippen molar-refractivity contribution in [1.29, 1.82) is 0 Å². The van der Waals surface area contributed by atoms with Gasteiger partial charge in [0.15, 0.2) is 0 Å². The monoisotopic (exact) mass is 393 g/mol. The fourth-order valence-corrected chi connectivity index (χ4v) is 4.22. The number of hydrogen-bond donors (Lipinski definition) is 2. The molecule has 1 aliphatic rings. The molecule has 0 saturated carbocycles. The Kier molecular flexibility index (Phi) is 6.02. The number of ether oxygens (including phenoxy) is 1. The first-order chi connectivity index (χ1) is 14.2. The highest BCUT2D eigenvalue weighted by Crippen LogP contribution is 2.34. The Labute approximate surface area is 172 Å². The second-order valence-electron chi connectivity index (χ2n) is 7.58. The lowest BCUT2D eigenvalue weighted by atomic mass is 10.0. The van der Waals surface area contributed by atoms with E-state index in [9.17, 15) is 0 Å². The molecule has 1 aromatic carbocycles. The van der Waals surface area contributed by atoms with Gasteiger partial charge in [0.1, 0.15) is 0 Å². The Bertz CT molecular complexity index is 959. The third-order valence-corrected chi connectivity index (χ3v) is 5.89. The van der Waals surface area contributed by atoms with Crippen molar-refractivity contribution in [3.8, 4) is 17.1 Å². The van der Waals surface area contributed by atoms with Crippen molar-refractivity contribution in [1.82, 2.24) is 20.2 Å². The molecule has 0 spiro atoms. The maximum absolute atomic E-state index is 5.32. The molecule has 3 aromatic rings. The van der Waals surface area contributed by atoms with Gasteiger partial charge in [-0.3, -0.25) is 4.90 Å². The second-order valence-corrected chi connectivity index (χ2v) is 7.58. The molecule has 1 fully saturated rings. The highest BCUT2D eigenvalue weighted by atomic mass is 16.5. The average Bonchev–Trinajstić information content (AvgIpc) is 3.16. The molecule has 0 amide bonds. The van der Waals surface area contributed by atoms with E-state index in [2.05, 4.69) is 50.2 Å². The molecule has 0 aliphatic carbocycles. The van der Waals surface area contributed by atoms with Crippen LogP contribution in [0.25, 0.3) is 22.2 Å². The number of likely N-dealkylation sites (N-methyl/N-ethyl adjacent to an activating group) is 1. The molecule has 0 atom stereocenters. The van der Waals surface area contributed by atoms with Crippen LogP contribution in [-0.2, 0) is 6.42 Å². The Morgan fingerprint density at radius 3 is 2.69 bits per heavy atom. The Morgan fingerprint density at radius 2 is 1.97 bits per heavy atom. The number of aromatic amines is 1. The van der Waals surface area contributed by atoms with E-state index in [1.54, 1.807) is 13.3 Å². The summed E-state index contributed by atoms with van der Waals surface area (Å²) >= 11 is 0. The predicted molar refractivity (Wildman–Crippen MR) is 120 cm³/mol. The maximum atomic E-state index is 5.32. The zero-order chi connectivity index (χ0) is 20.2. The van der Waals surface area contributed by atoms with Gasteiger partial charge in [0.2, 0.25) is 5.88 Å². The number of piperazine rings is 1. The van der Waals surface area contributed by atoms with Gasteiger partial charge in [-0.15, -0.1) is 0 Å². The molecule has 2 aromatic heterocycles. The molecule has 154 valence electrons. The summed E-state index contributed by atoms with van der Waals surface area (Å²) < 4.78 is 5.32. The number of aromatic nitrogens is 2. The van der Waals surface area contributed by atoms with Crippen LogP contribution < -0.4 is 15.0 Å². The SMILES string of the molecule is CCc1c(-c2ccnc(OC)c2)[nH]c2ccc(N3CCN(CCNC)CC3)cc12. The first-order valence-electron chi connectivity index (χ1n) is 10.5. The quantitative estimate of drug-likeness (QED) is 0.646. The number of nitrogens with zero attached hydrogens (tertiary/aromatic N) is 3. The van der Waals surface area contributed by atoms with E-state index in [0.29, 0.717) is 5.88 Å². The van der Waals surface area contributed by atoms with Crippen LogP contribution in [0.15, 0.2) is 36.5 Å². The normalized spacial score (nSPS) is 15.2. The minimum atomic E-state index is 0.639. The number of aryl methyl sites for hydroxylation is 1. The number of benzene rings is 1. The van der Waals surface area contributed by atoms with Crippen molar-refractivity contribution in [2.45, 2.75) is 13.3 Å². The molecule has 0 radical (unpaired) electrons. The van der Waals surface area contributed by atoms with Gasteiger partial charge in [-0.2, -0.15) is 0 Å². The van der Waals surface area contributed by atoms with Crippen molar-refractivity contribution >= 4 is 16.6 Å². The van der Waals surface area contributed by atoms with Gasteiger partial charge < -0.3 is 19.9 Å². The lowest BCUT2D eigenvalue weighted by molar-refractivity contribution is 0.260. The topological polar surface area (TPSA) is 56.4 Å². The lowest BCUT2D eigenvalue weighted by Gasteiger charge is -2.36. The maximum Gasteiger partial charge on any atom is 0.213 e. The first-order valence-corrected chi connectivity index (χ1v) is 10.5. The minimum absolute atomic E-state index is 0.639. The fourth-order valence-electron chi connectivity index (χ4n) is 4.22. The van der Waals surface area contributed by atoms with E-state index in [1.807, 2.05) is 19.2 Å². The fraction of sp³-hybridized carbons (Fsp3) is 0.435. The third-order valence-electron chi connectivity index (χ3n) is 5.89. The number of pyridine rings is 1. The molecule has 0 bridgehead atoms. The zero-order valence-corrected chi connectivity index (χ0v) is 17.7. The van der Waals surface area contributed by atoms with Crippen LogP contribution in [0.2, 0.25) is 0 Å². The molecule has 6 heteroatoms. The summed E-state index contributed by atoms with van der Waals surface area (Å²) in [5, 5.41) is 4.56. The van der Waals surface area contributed by atoms with E-state index >= 15 is 0 Å². The second kappa shape index (κ2) is 8.84. The number of anilines is 1. The van der Waals surface area contributed by atoms with Gasteiger partial charge in [-0.25, -0.2) is 4.98 Å². The van der Waals surface area contributed by atoms with Gasteiger partial charge in [-0.05, 0) is 43.3 Å². The molecule has 4 rings (SSSR count). The molecule has 0 unspecified atom stereocenters. The zero-order valence-electron chi connectivity index (χ0n) is 17.7. The van der Waals surface area contributed by atoms with Crippen LogP contribution >= 0.6 is 0 Å². The summed E-state index contributed by atoms with van der Waals surface area (Å²) in [6.45, 7) is 8.80. The summed E-state index contributed by atoms with van der Waals surface area (Å²) in [7, 11) is 3.67. The average molecular weight is 394 g/mol. The van der Waals surface area contributed by atoms with E-state index in [0.717, 1.165) is 56.9 Å². The van der Waals surface area contributed by atoms with E-state index in [4.69, 9.17) is 4.74 Å². The summed E-state index contributed by atoms with van der Waals surface area (Å²) in [6, 6.07) is 10.9. The van der Waals surface area contributed by atoms with Crippen LogP contribution in [0.4, 0.5) is 5.69 Å². The number of methoxy groups -OCH3 is 1. The van der Waals surface area contributed by atoms with Crippen LogP contribution in [0.3, 0.4) is 0 Å². The molecular formula is C23H31N5O. The smallest absolute Gasteiger partial charge is 0.213 e. The Balaban J connectivity index is 1.61. The van der Waals surface area contributed by atoms with Crippen LogP contribution in [0.1, 0.15) is 12.5 Å². The molecule has 1 saturated heterocycles. The number of fused-ring (bicyclic) bond motifs is 1. The predicted octanol–water partition coefficient (Wildman–Crippen LogP) is 3.14. The van der Waals surface area contributed by atoms with E-state index in [1.165, 1.54) is 22.2 Å². The van der Waals surface area contributed by atoms with Crippen molar-refractivity contribution in [2.75, 3.05) is 58.3 Å². The number of nitrogens with one attached hydrogen (secondary N) is 2. The van der Waals surface area contributed by atoms with E-state index < -0.39 is 0 Å². The van der Waals surface area contributed by atoms with Crippen LogP contribution in [-0.4, -0.2) is 68.3 Å². The lowest BCUT2D eigenvalue weighted by Crippen LogP contribution is -2.48. The highest BCUT2D eigenvalue weighted by Gasteiger charge is 2.19. The molecule has 6 nitrogen and oxygen atoms in total. The number of rotatable bonds is 7. The summed E-state index contributed by atoms with van der Waals surface area (Å²) in [5.41, 5.74) is 6.13. The highest BCUT2D eigenvalue weighted by molar-refractivity contribution is 5.93. The summed E-state index contributed by atoms with van der Waals surface area (Å²) in [6.07, 6.45) is 2.78. The summed E-state index contributed by atoms with van der Waals surface area (Å²) in [4.78, 5) is 12.9. The minimum Gasteiger partial charge on any atom is -0.481 e. The van der Waals surface area contributed by atoms with Crippen molar-refractivity contribution in [2.24, 2.45) is 0 Å². The molecule has 29 heavy (non-hydrogen) atoms. The van der Waals surface area contributed by atoms with Crippen LogP contribution in [0.5, 0.6) is 5.88 Å². The van der Waals surface area contributed by atoms with Gasteiger partial charge in [0, 0.05) is 79.4 Å². The Hall–Kier alpha value is -2.57. The first kappa shape index (κ1) is 19.7. The van der Waals surface area contributed by atoms with Crippen molar-refractivity contribution < 1.29 is 4.74 Å². The largest absolute Gasteiger partial charge is 0.481 e. The van der Waals surface area contributed by atoms with Crippen molar-refractivity contribution in [3.05, 3.63) is 42.1 Å². The van der Waals surface area contributed by atoms with Crippen molar-refractivity contribution in [3.63, 3.8) is 0 Å². The molecule has 2 N–H and O–H groups in total. The van der Waals surface area contributed by atoms with Gasteiger partial charge >= 0.3 is 0 Å². The number of hydrogen-bond acceptors (Lipinski definition) is 5. The van der Waals surface area contributed by atoms with Gasteiger partial charge in [0.25, 0.3) is 0 Å². The number of H-pyrrole nitrogens is 1. The van der Waals surface area contributed by atoms with Crippen LogP contribution in [0, 0.1) is 0 Å². The van der Waals surface area contributed by atoms with Gasteiger partial charge in [0.05, 0.1) is 7.11 Å². The third kappa shape index (κ3) is 4.09.